The first-order chi connectivity index (χ1) is 21.4. The maximum atomic E-state index is 13.9. The van der Waals surface area contributed by atoms with Crippen molar-refractivity contribution < 1.29 is 23.8 Å². The summed E-state index contributed by atoms with van der Waals surface area (Å²) >= 11 is 0. The SMILES string of the molecule is CC(C)[C@H]1COCCCCC/C=C\COc2ccc(cc2)C[C@@H](N(C)C(=O)OC2c3ccccc3-c3ccccc32)C(=O)N1. The third-order valence-electron chi connectivity index (χ3n) is 8.51. The van der Waals surface area contributed by atoms with Gasteiger partial charge in [-0.2, -0.15) is 0 Å². The van der Waals surface area contributed by atoms with Gasteiger partial charge in [0.2, 0.25) is 5.91 Å². The minimum absolute atomic E-state index is 0.155. The molecule has 0 fully saturated rings. The van der Waals surface area contributed by atoms with Crippen LogP contribution in [-0.2, 0) is 20.7 Å². The van der Waals surface area contributed by atoms with Gasteiger partial charge in [0, 0.05) is 31.2 Å². The van der Waals surface area contributed by atoms with E-state index in [1.165, 1.54) is 4.90 Å². The van der Waals surface area contributed by atoms with Gasteiger partial charge in [-0.05, 0) is 54.0 Å². The third kappa shape index (κ3) is 7.69. The van der Waals surface area contributed by atoms with Crippen molar-refractivity contribution in [1.82, 2.24) is 10.2 Å². The number of hydrogen-bond donors (Lipinski definition) is 1. The average molecular weight is 597 g/mol. The number of likely N-dealkylation sites (N-methyl/N-ethyl adjacent to an activating group) is 1. The van der Waals surface area contributed by atoms with E-state index in [0.717, 1.165) is 59.3 Å². The fourth-order valence-electron chi connectivity index (χ4n) is 5.76. The van der Waals surface area contributed by atoms with Crippen LogP contribution in [-0.4, -0.2) is 55.9 Å². The minimum atomic E-state index is -0.795. The summed E-state index contributed by atoms with van der Waals surface area (Å²) < 4.78 is 18.0. The number of allylic oxidation sites excluding steroid dienone is 1. The number of nitrogens with zero attached hydrogens (tertiary/aromatic N) is 1. The summed E-state index contributed by atoms with van der Waals surface area (Å²) in [5.74, 6) is 0.679. The fourth-order valence-corrected chi connectivity index (χ4v) is 5.76. The molecule has 1 N–H and O–H groups in total. The van der Waals surface area contributed by atoms with Crippen LogP contribution in [0.1, 0.15) is 62.3 Å². The first-order valence-corrected chi connectivity index (χ1v) is 15.8. The number of carbonyl (C=O) groups is 2. The van der Waals surface area contributed by atoms with Crippen LogP contribution in [0.15, 0.2) is 84.9 Å². The zero-order valence-corrected chi connectivity index (χ0v) is 26.0. The number of rotatable bonds is 3. The van der Waals surface area contributed by atoms with E-state index in [9.17, 15) is 9.59 Å². The summed E-state index contributed by atoms with van der Waals surface area (Å²) in [4.78, 5) is 29.2. The van der Waals surface area contributed by atoms with Crippen molar-refractivity contribution in [2.24, 2.45) is 5.92 Å². The van der Waals surface area contributed by atoms with Crippen molar-refractivity contribution in [3.8, 4) is 16.9 Å². The van der Waals surface area contributed by atoms with Gasteiger partial charge in [-0.25, -0.2) is 4.79 Å². The molecule has 44 heavy (non-hydrogen) atoms. The molecule has 2 heterocycles. The molecule has 0 saturated heterocycles. The van der Waals surface area contributed by atoms with E-state index in [4.69, 9.17) is 14.2 Å². The molecule has 3 aliphatic rings. The van der Waals surface area contributed by atoms with E-state index in [1.807, 2.05) is 72.8 Å². The molecule has 2 atom stereocenters. The smallest absolute Gasteiger partial charge is 0.411 e. The van der Waals surface area contributed by atoms with Crippen molar-refractivity contribution in [3.05, 3.63) is 102 Å². The van der Waals surface area contributed by atoms with Gasteiger partial charge in [0.25, 0.3) is 0 Å². The lowest BCUT2D eigenvalue weighted by Gasteiger charge is -2.31. The van der Waals surface area contributed by atoms with Crippen LogP contribution in [0.25, 0.3) is 11.1 Å². The Hall–Kier alpha value is -4.10. The molecule has 2 aliphatic heterocycles. The van der Waals surface area contributed by atoms with Gasteiger partial charge < -0.3 is 19.5 Å². The molecule has 7 nitrogen and oxygen atoms in total. The van der Waals surface area contributed by atoms with Crippen molar-refractivity contribution in [3.63, 3.8) is 0 Å². The van der Waals surface area contributed by atoms with Crippen molar-refractivity contribution in [2.45, 2.75) is 64.1 Å². The van der Waals surface area contributed by atoms with Gasteiger partial charge in [0.15, 0.2) is 6.10 Å². The van der Waals surface area contributed by atoms with Gasteiger partial charge in [-0.1, -0.05) is 93.1 Å². The zero-order valence-electron chi connectivity index (χ0n) is 26.0. The van der Waals surface area contributed by atoms with E-state index in [1.54, 1.807) is 7.05 Å². The molecule has 232 valence electrons. The topological polar surface area (TPSA) is 77.1 Å². The molecule has 3 aromatic carbocycles. The number of nitrogens with one attached hydrogen (secondary N) is 1. The number of benzene rings is 3. The Bertz CT molecular complexity index is 1390. The highest BCUT2D eigenvalue weighted by molar-refractivity contribution is 5.87. The van der Waals surface area contributed by atoms with Gasteiger partial charge >= 0.3 is 6.09 Å². The number of fused-ring (bicyclic) bond motifs is 19. The Morgan fingerprint density at radius 2 is 1.59 bits per heavy atom. The van der Waals surface area contributed by atoms with Crippen LogP contribution in [0.3, 0.4) is 0 Å². The number of amides is 2. The molecule has 7 heteroatoms. The lowest BCUT2D eigenvalue weighted by molar-refractivity contribution is -0.127. The summed E-state index contributed by atoms with van der Waals surface area (Å²) in [6, 6.07) is 22.7. The van der Waals surface area contributed by atoms with E-state index in [2.05, 4.69) is 31.3 Å². The second kappa shape index (κ2) is 15.1. The Kier molecular flexibility index (Phi) is 10.7. The van der Waals surface area contributed by atoms with Crippen LogP contribution in [0, 0.1) is 5.92 Å². The summed E-state index contributed by atoms with van der Waals surface area (Å²) in [5.41, 5.74) is 4.91. The molecule has 6 rings (SSSR count). The molecule has 0 spiro atoms. The zero-order chi connectivity index (χ0) is 30.9. The molecule has 1 aliphatic carbocycles. The van der Waals surface area contributed by atoms with Gasteiger partial charge in [-0.3, -0.25) is 9.69 Å². The molecule has 0 unspecified atom stereocenters. The highest BCUT2D eigenvalue weighted by Crippen LogP contribution is 2.45. The summed E-state index contributed by atoms with van der Waals surface area (Å²) in [5, 5.41) is 3.19. The standard InChI is InChI=1S/C37H44N2O5/c1-26(2)33-25-42-22-12-6-4-5-7-13-23-43-28-20-18-27(19-21-28)24-34(36(40)38-33)39(3)37(41)44-35-31-16-10-8-14-29(31)30-15-9-11-17-32(30)35/h7-11,13-21,26,33-35H,4-6,12,22-25H2,1-3H3,(H,38,40)/b13-7-/t33-,34-/m1/s1. The Morgan fingerprint density at radius 3 is 2.27 bits per heavy atom. The maximum Gasteiger partial charge on any atom is 0.411 e. The van der Waals surface area contributed by atoms with Crippen molar-refractivity contribution in [2.75, 3.05) is 26.9 Å². The van der Waals surface area contributed by atoms with Gasteiger partial charge in [0.05, 0.1) is 12.6 Å². The number of hydrogen-bond acceptors (Lipinski definition) is 5. The third-order valence-corrected chi connectivity index (χ3v) is 8.51. The predicted octanol–water partition coefficient (Wildman–Crippen LogP) is 7.10. The van der Waals surface area contributed by atoms with E-state index in [-0.39, 0.29) is 17.9 Å². The summed E-state index contributed by atoms with van der Waals surface area (Å²) in [6.45, 7) is 5.72. The van der Waals surface area contributed by atoms with Crippen LogP contribution in [0.2, 0.25) is 0 Å². The highest BCUT2D eigenvalue weighted by Gasteiger charge is 2.35. The predicted molar refractivity (Wildman–Crippen MR) is 173 cm³/mol. The second-order valence-corrected chi connectivity index (χ2v) is 12.0. The Morgan fingerprint density at radius 1 is 0.909 bits per heavy atom. The molecule has 2 amide bonds. The maximum absolute atomic E-state index is 13.9. The lowest BCUT2D eigenvalue weighted by Crippen LogP contribution is -2.53. The largest absolute Gasteiger partial charge is 0.490 e. The quantitative estimate of drug-likeness (QED) is 0.326. The van der Waals surface area contributed by atoms with Crippen LogP contribution in [0.5, 0.6) is 5.75 Å². The molecule has 0 radical (unpaired) electrons. The summed E-state index contributed by atoms with van der Waals surface area (Å²) in [7, 11) is 1.64. The Balaban J connectivity index is 1.38. The number of ether oxygens (including phenoxy) is 3. The minimum Gasteiger partial charge on any atom is -0.490 e. The van der Waals surface area contributed by atoms with Gasteiger partial charge in [0.1, 0.15) is 18.4 Å². The van der Waals surface area contributed by atoms with Crippen molar-refractivity contribution in [1.29, 1.82) is 0 Å². The molecule has 3 aromatic rings. The fraction of sp³-hybridized carbons (Fsp3) is 0.405. The molecular formula is C37H44N2O5. The van der Waals surface area contributed by atoms with Crippen LogP contribution in [0.4, 0.5) is 4.79 Å². The first-order valence-electron chi connectivity index (χ1n) is 15.8. The van der Waals surface area contributed by atoms with Gasteiger partial charge in [-0.15, -0.1) is 0 Å². The highest BCUT2D eigenvalue weighted by atomic mass is 16.6. The van der Waals surface area contributed by atoms with E-state index >= 15 is 0 Å². The number of carbonyl (C=O) groups excluding carboxylic acids is 2. The lowest BCUT2D eigenvalue weighted by atomic mass is 10.0. The van der Waals surface area contributed by atoms with E-state index < -0.39 is 18.2 Å². The molecule has 0 saturated carbocycles. The first kappa shape index (κ1) is 31.3. The molecule has 0 aromatic heterocycles. The molecule has 2 bridgehead atoms. The Labute approximate surface area is 261 Å². The normalized spacial score (nSPS) is 20.6. The van der Waals surface area contributed by atoms with Crippen LogP contribution >= 0.6 is 0 Å². The second-order valence-electron chi connectivity index (χ2n) is 12.0. The monoisotopic (exact) mass is 596 g/mol. The van der Waals surface area contributed by atoms with Crippen molar-refractivity contribution >= 4 is 12.0 Å². The molecular weight excluding hydrogens is 552 g/mol. The van der Waals surface area contributed by atoms with E-state index in [0.29, 0.717) is 26.2 Å². The van der Waals surface area contributed by atoms with Crippen LogP contribution < -0.4 is 10.1 Å². The summed E-state index contributed by atoms with van der Waals surface area (Å²) in [6.07, 6.45) is 7.61. The average Bonchev–Trinajstić information content (AvgIpc) is 3.34.